The van der Waals surface area contributed by atoms with Gasteiger partial charge in [-0.05, 0) is 44.0 Å². The van der Waals surface area contributed by atoms with Crippen LogP contribution in [0.1, 0.15) is 42.2 Å². The van der Waals surface area contributed by atoms with E-state index in [1.165, 1.54) is 0 Å². The Morgan fingerprint density at radius 2 is 1.71 bits per heavy atom. The summed E-state index contributed by atoms with van der Waals surface area (Å²) < 4.78 is 1.57. The molecule has 0 saturated carbocycles. The summed E-state index contributed by atoms with van der Waals surface area (Å²) in [5, 5.41) is 19.1. The molecule has 2 heterocycles. The highest BCUT2D eigenvalue weighted by Crippen LogP contribution is 2.33. The zero-order chi connectivity index (χ0) is 24.2. The average Bonchev–Trinajstić information content (AvgIpc) is 3.19. The van der Waals surface area contributed by atoms with Gasteiger partial charge in [0.05, 0.1) is 22.8 Å². The number of carboxylic acid groups (broad SMARTS) is 1. The topological polar surface area (TPSA) is 78.7 Å². The predicted octanol–water partition coefficient (Wildman–Crippen LogP) is 5.34. The fourth-order valence-corrected chi connectivity index (χ4v) is 4.70. The summed E-state index contributed by atoms with van der Waals surface area (Å²) in [5.74, 6) is -1.37. The summed E-state index contributed by atoms with van der Waals surface area (Å²) >= 11 is 12.6. The lowest BCUT2D eigenvalue weighted by atomic mass is 10.0. The van der Waals surface area contributed by atoms with Crippen molar-refractivity contribution < 1.29 is 14.7 Å². The number of carbonyl (C=O) groups is 2. The SMILES string of the molecule is CCN(C(=O)c1nn(-c2ccccc2Cl)c(-c2ccc(Cl)cc2)c1CC(=O)O)N1CCCCC1. The summed E-state index contributed by atoms with van der Waals surface area (Å²) in [6, 6.07) is 14.2. The first-order chi connectivity index (χ1) is 16.4. The molecule has 1 fully saturated rings. The Kier molecular flexibility index (Phi) is 7.56. The van der Waals surface area contributed by atoms with Crippen molar-refractivity contribution >= 4 is 35.1 Å². The Morgan fingerprint density at radius 1 is 1.03 bits per heavy atom. The van der Waals surface area contributed by atoms with E-state index >= 15 is 0 Å². The molecule has 0 aliphatic carbocycles. The predicted molar refractivity (Wildman–Crippen MR) is 132 cm³/mol. The summed E-state index contributed by atoms with van der Waals surface area (Å²) in [6.45, 7) is 3.93. The number of nitrogens with zero attached hydrogens (tertiary/aromatic N) is 4. The monoisotopic (exact) mass is 500 g/mol. The smallest absolute Gasteiger partial charge is 0.307 e. The van der Waals surface area contributed by atoms with E-state index in [0.717, 1.165) is 32.4 Å². The number of para-hydroxylation sites is 1. The van der Waals surface area contributed by atoms with Gasteiger partial charge in [-0.15, -0.1) is 0 Å². The third-order valence-electron chi connectivity index (χ3n) is 5.92. The summed E-state index contributed by atoms with van der Waals surface area (Å²) in [4.78, 5) is 25.7. The van der Waals surface area contributed by atoms with E-state index in [9.17, 15) is 14.7 Å². The minimum Gasteiger partial charge on any atom is -0.481 e. The van der Waals surface area contributed by atoms with Crippen LogP contribution in [0.2, 0.25) is 10.0 Å². The summed E-state index contributed by atoms with van der Waals surface area (Å²) in [6.07, 6.45) is 2.79. The van der Waals surface area contributed by atoms with Crippen molar-refractivity contribution in [3.05, 3.63) is 69.8 Å². The molecule has 0 atom stereocenters. The van der Waals surface area contributed by atoms with Crippen LogP contribution in [0.3, 0.4) is 0 Å². The number of piperidine rings is 1. The maximum absolute atomic E-state index is 13.8. The van der Waals surface area contributed by atoms with E-state index in [1.807, 2.05) is 18.0 Å². The van der Waals surface area contributed by atoms with Gasteiger partial charge in [0.2, 0.25) is 0 Å². The quantitative estimate of drug-likeness (QED) is 0.473. The highest BCUT2D eigenvalue weighted by Gasteiger charge is 2.31. The molecule has 2 aromatic carbocycles. The molecule has 1 saturated heterocycles. The Balaban J connectivity index is 1.93. The fraction of sp³-hybridized carbons (Fsp3) is 0.320. The molecule has 1 aliphatic heterocycles. The minimum atomic E-state index is -1.05. The molecule has 4 rings (SSSR count). The molecular formula is C25H26Cl2N4O3. The van der Waals surface area contributed by atoms with E-state index in [-0.39, 0.29) is 18.0 Å². The maximum atomic E-state index is 13.8. The third-order valence-corrected chi connectivity index (χ3v) is 6.49. The number of amides is 1. The second kappa shape index (κ2) is 10.6. The number of aromatic nitrogens is 2. The zero-order valence-electron chi connectivity index (χ0n) is 18.9. The lowest BCUT2D eigenvalue weighted by molar-refractivity contribution is -0.136. The molecule has 9 heteroatoms. The van der Waals surface area contributed by atoms with E-state index in [0.29, 0.717) is 39.1 Å². The van der Waals surface area contributed by atoms with Crippen LogP contribution in [0.4, 0.5) is 0 Å². The number of hydrogen-bond donors (Lipinski definition) is 1. The number of halogens is 2. The van der Waals surface area contributed by atoms with Gasteiger partial charge in [0, 0.05) is 35.8 Å². The molecule has 3 aromatic rings. The van der Waals surface area contributed by atoms with Gasteiger partial charge in [-0.1, -0.05) is 53.9 Å². The maximum Gasteiger partial charge on any atom is 0.307 e. The Labute approximate surface area is 208 Å². The van der Waals surface area contributed by atoms with Crippen molar-refractivity contribution in [3.8, 4) is 16.9 Å². The zero-order valence-corrected chi connectivity index (χ0v) is 20.4. The molecule has 0 unspecified atom stereocenters. The molecule has 34 heavy (non-hydrogen) atoms. The third kappa shape index (κ3) is 4.97. The van der Waals surface area contributed by atoms with Crippen molar-refractivity contribution in [3.63, 3.8) is 0 Å². The van der Waals surface area contributed by atoms with Crippen LogP contribution < -0.4 is 0 Å². The van der Waals surface area contributed by atoms with Gasteiger partial charge in [-0.2, -0.15) is 5.10 Å². The Hall–Kier alpha value is -2.87. The molecule has 178 valence electrons. The van der Waals surface area contributed by atoms with Gasteiger partial charge >= 0.3 is 5.97 Å². The van der Waals surface area contributed by atoms with Crippen molar-refractivity contribution in [2.75, 3.05) is 19.6 Å². The van der Waals surface area contributed by atoms with Crippen molar-refractivity contribution in [1.29, 1.82) is 0 Å². The van der Waals surface area contributed by atoms with Gasteiger partial charge in [0.15, 0.2) is 5.69 Å². The summed E-state index contributed by atoms with van der Waals surface area (Å²) in [7, 11) is 0. The van der Waals surface area contributed by atoms with E-state index in [2.05, 4.69) is 5.10 Å². The normalized spacial score (nSPS) is 14.2. The average molecular weight is 501 g/mol. The number of rotatable bonds is 7. The molecule has 7 nitrogen and oxygen atoms in total. The van der Waals surface area contributed by atoms with Gasteiger partial charge in [0.1, 0.15) is 0 Å². The number of carbonyl (C=O) groups excluding carboxylic acids is 1. The first kappa shape index (κ1) is 24.3. The highest BCUT2D eigenvalue weighted by molar-refractivity contribution is 6.32. The second-order valence-corrected chi connectivity index (χ2v) is 9.00. The number of aliphatic carboxylic acids is 1. The van der Waals surface area contributed by atoms with E-state index < -0.39 is 5.97 Å². The Morgan fingerprint density at radius 3 is 2.32 bits per heavy atom. The van der Waals surface area contributed by atoms with E-state index in [4.69, 9.17) is 23.2 Å². The fourth-order valence-electron chi connectivity index (χ4n) is 4.36. The van der Waals surface area contributed by atoms with Crippen LogP contribution in [0.5, 0.6) is 0 Å². The minimum absolute atomic E-state index is 0.111. The molecule has 0 radical (unpaired) electrons. The van der Waals surface area contributed by atoms with Gasteiger partial charge < -0.3 is 5.11 Å². The van der Waals surface area contributed by atoms with Crippen LogP contribution in [-0.2, 0) is 11.2 Å². The van der Waals surface area contributed by atoms with E-state index in [1.54, 1.807) is 52.2 Å². The standard InChI is InChI=1S/C25H26Cl2N4O3/c1-2-30(29-14-6-3-7-15-29)25(34)23-19(16-22(32)33)24(17-10-12-18(26)13-11-17)31(28-23)21-9-5-4-8-20(21)27/h4-5,8-13H,2-3,6-7,14-16H2,1H3,(H,32,33). The van der Waals surface area contributed by atoms with Gasteiger partial charge in [0.25, 0.3) is 5.91 Å². The van der Waals surface area contributed by atoms with Crippen LogP contribution in [0.25, 0.3) is 16.9 Å². The molecule has 1 aromatic heterocycles. The molecule has 0 bridgehead atoms. The van der Waals surface area contributed by atoms with Crippen LogP contribution in [-0.4, -0.2) is 56.4 Å². The van der Waals surface area contributed by atoms with Crippen molar-refractivity contribution in [2.45, 2.75) is 32.6 Å². The molecule has 0 spiro atoms. The van der Waals surface area contributed by atoms with Crippen molar-refractivity contribution in [2.24, 2.45) is 0 Å². The molecule has 1 amide bonds. The molecule has 1 N–H and O–H groups in total. The lowest BCUT2D eigenvalue weighted by Gasteiger charge is -2.36. The number of carboxylic acids is 1. The van der Waals surface area contributed by atoms with Crippen LogP contribution in [0, 0.1) is 0 Å². The van der Waals surface area contributed by atoms with Crippen LogP contribution in [0.15, 0.2) is 48.5 Å². The first-order valence-corrected chi connectivity index (χ1v) is 12.1. The largest absolute Gasteiger partial charge is 0.481 e. The van der Waals surface area contributed by atoms with Crippen LogP contribution >= 0.6 is 23.2 Å². The van der Waals surface area contributed by atoms with Gasteiger partial charge in [-0.3, -0.25) is 14.6 Å². The van der Waals surface area contributed by atoms with Gasteiger partial charge in [-0.25, -0.2) is 9.69 Å². The molecular weight excluding hydrogens is 475 g/mol. The first-order valence-electron chi connectivity index (χ1n) is 11.3. The number of hydrogen-bond acceptors (Lipinski definition) is 4. The highest BCUT2D eigenvalue weighted by atomic mass is 35.5. The Bertz CT molecular complexity index is 1190. The lowest BCUT2D eigenvalue weighted by Crippen LogP contribution is -2.49. The number of hydrazine groups is 1. The summed E-state index contributed by atoms with van der Waals surface area (Å²) in [5.41, 5.74) is 2.20. The molecule has 1 aliphatic rings. The van der Waals surface area contributed by atoms with Crippen molar-refractivity contribution in [1.82, 2.24) is 19.8 Å². The number of benzene rings is 2. The second-order valence-electron chi connectivity index (χ2n) is 8.15.